The van der Waals surface area contributed by atoms with Crippen molar-refractivity contribution in [2.75, 3.05) is 13.2 Å². The average molecular weight is 593 g/mol. The van der Waals surface area contributed by atoms with Gasteiger partial charge in [0.1, 0.15) is 25.1 Å². The molecule has 3 rings (SSSR count). The first-order valence-corrected chi connectivity index (χ1v) is 13.2. The molecular formula is C29H38KNaO9+2. The van der Waals surface area contributed by atoms with E-state index in [4.69, 9.17) is 19.3 Å². The van der Waals surface area contributed by atoms with Gasteiger partial charge in [0.25, 0.3) is 0 Å². The largest absolute Gasteiger partial charge is 1.00 e. The van der Waals surface area contributed by atoms with Crippen LogP contribution < -0.4 is 80.9 Å². The number of carboxylic acids is 1. The number of rotatable bonds is 11. The summed E-state index contributed by atoms with van der Waals surface area (Å²) in [6.07, 6.45) is 7.18. The van der Waals surface area contributed by atoms with Crippen LogP contribution in [0.3, 0.4) is 0 Å². The Hall–Kier alpha value is -0.594. The molecule has 5 atom stereocenters. The molecule has 2 fully saturated rings. The van der Waals surface area contributed by atoms with Crippen LogP contribution in [0.2, 0.25) is 0 Å². The summed E-state index contributed by atoms with van der Waals surface area (Å²) in [6.45, 7) is 10.1. The van der Waals surface area contributed by atoms with Gasteiger partial charge in [-0.2, -0.15) is 0 Å². The molecule has 0 aromatic heterocycles. The molecule has 0 radical (unpaired) electrons. The number of ether oxygens (including phenoxy) is 3. The van der Waals surface area contributed by atoms with Gasteiger partial charge in [-0.3, -0.25) is 14.4 Å². The molecule has 1 N–H and O–H groups in total. The average Bonchev–Trinajstić information content (AvgIpc) is 3.26. The number of Topliss-reactive ketones (excluding diaryl/α,β-unsaturated/α-hetero) is 1. The van der Waals surface area contributed by atoms with E-state index in [-0.39, 0.29) is 149 Å². The van der Waals surface area contributed by atoms with Gasteiger partial charge < -0.3 is 24.1 Å². The van der Waals surface area contributed by atoms with Crippen LogP contribution in [0.15, 0.2) is 36.0 Å². The Bertz CT molecular complexity index is 1070. The zero-order chi connectivity index (χ0) is 28.1. The minimum Gasteiger partial charge on any atom is -0.481 e. The van der Waals surface area contributed by atoms with E-state index in [9.17, 15) is 24.0 Å². The van der Waals surface area contributed by atoms with Crippen LogP contribution in [0.5, 0.6) is 0 Å². The van der Waals surface area contributed by atoms with Crippen molar-refractivity contribution < 1.29 is 124 Å². The van der Waals surface area contributed by atoms with Crippen LogP contribution in [0, 0.1) is 22.7 Å². The molecule has 0 aromatic carbocycles. The van der Waals surface area contributed by atoms with Gasteiger partial charge in [0, 0.05) is 17.8 Å². The number of aliphatic carboxylic acids is 1. The quantitative estimate of drug-likeness (QED) is 0.127. The maximum absolute atomic E-state index is 12.6. The first-order valence-electron chi connectivity index (χ1n) is 13.2. The molecule has 9 nitrogen and oxygen atoms in total. The predicted molar refractivity (Wildman–Crippen MR) is 137 cm³/mol. The Labute approximate surface area is 300 Å². The second-order valence-corrected chi connectivity index (χ2v) is 11.1. The zero-order valence-corrected chi connectivity index (χ0v) is 29.6. The minimum atomic E-state index is -1.09. The number of carbonyl (C=O) groups excluding carboxylic acids is 4. The number of esters is 3. The molecule has 1 aliphatic heterocycles. The number of hydrogen-bond acceptors (Lipinski definition) is 8. The Morgan fingerprint density at radius 2 is 1.80 bits per heavy atom. The molecule has 2 aliphatic carbocycles. The molecule has 0 spiro atoms. The number of hydrogen-bond donors (Lipinski definition) is 1. The standard InChI is InChI=1S/C29H38O9.K.Na/c1-18-5-9-22-28(3,21(18)8-7-20-14-16-36-27(20)35)15-13-23(38-26(34)11-6-19(2)30)29(22,4)17-37-25(33)12-10-24(31)32;;/h7-8,14,21-23H,1,5-6,9-13,15-17H2,2-4H3,(H,31,32);;/q;2*+1/b8-7+;;/t21-,22?,23-,28+,29+;;/m1../s1. The van der Waals surface area contributed by atoms with Crippen molar-refractivity contribution >= 4 is 29.7 Å². The van der Waals surface area contributed by atoms with Crippen molar-refractivity contribution in [2.45, 2.75) is 78.2 Å². The Kier molecular flexibility index (Phi) is 15.3. The third kappa shape index (κ3) is 9.20. The van der Waals surface area contributed by atoms with Gasteiger partial charge in [0.15, 0.2) is 0 Å². The van der Waals surface area contributed by atoms with Gasteiger partial charge >= 0.3 is 105 Å². The molecular weight excluding hydrogens is 554 g/mol. The van der Waals surface area contributed by atoms with Crippen LogP contribution >= 0.6 is 0 Å². The van der Waals surface area contributed by atoms with Crippen LogP contribution in [-0.2, 0) is 38.2 Å². The molecule has 0 aromatic rings. The number of fused-ring (bicyclic) bond motifs is 1. The zero-order valence-electron chi connectivity index (χ0n) is 24.5. The van der Waals surface area contributed by atoms with E-state index in [2.05, 4.69) is 13.5 Å². The third-order valence-corrected chi connectivity index (χ3v) is 8.44. The van der Waals surface area contributed by atoms with Crippen LogP contribution in [0.1, 0.15) is 72.1 Å². The topological polar surface area (TPSA) is 133 Å². The van der Waals surface area contributed by atoms with Crippen LogP contribution in [0.4, 0.5) is 0 Å². The van der Waals surface area contributed by atoms with Crippen LogP contribution in [0.25, 0.3) is 0 Å². The van der Waals surface area contributed by atoms with Gasteiger partial charge in [-0.15, -0.1) is 0 Å². The van der Waals surface area contributed by atoms with Gasteiger partial charge in [-0.1, -0.05) is 38.2 Å². The van der Waals surface area contributed by atoms with Gasteiger partial charge in [-0.25, -0.2) is 4.79 Å². The second-order valence-electron chi connectivity index (χ2n) is 11.1. The summed E-state index contributed by atoms with van der Waals surface area (Å²) in [4.78, 5) is 59.2. The van der Waals surface area contributed by atoms with E-state index in [1.807, 2.05) is 13.0 Å². The Morgan fingerprint density at radius 3 is 2.40 bits per heavy atom. The van der Waals surface area contributed by atoms with Gasteiger partial charge in [0.2, 0.25) is 0 Å². The first-order chi connectivity index (χ1) is 17.9. The number of ketones is 1. The minimum absolute atomic E-state index is 0. The molecule has 0 saturated heterocycles. The van der Waals surface area contributed by atoms with E-state index in [0.717, 1.165) is 12.0 Å². The molecule has 11 heteroatoms. The van der Waals surface area contributed by atoms with E-state index < -0.39 is 29.4 Å². The van der Waals surface area contributed by atoms with Gasteiger partial charge in [0.05, 0.1) is 24.8 Å². The third-order valence-electron chi connectivity index (χ3n) is 8.44. The number of carboxylic acid groups (broad SMARTS) is 1. The molecule has 2 saturated carbocycles. The van der Waals surface area contributed by atoms with Crippen molar-refractivity contribution in [1.82, 2.24) is 0 Å². The predicted octanol–water partition coefficient (Wildman–Crippen LogP) is -1.89. The first kappa shape index (κ1) is 37.4. The number of carbonyl (C=O) groups is 5. The molecule has 208 valence electrons. The molecule has 1 heterocycles. The van der Waals surface area contributed by atoms with E-state index in [1.54, 1.807) is 12.2 Å². The summed E-state index contributed by atoms with van der Waals surface area (Å²) in [5, 5.41) is 8.91. The van der Waals surface area contributed by atoms with Crippen molar-refractivity contribution in [3.05, 3.63) is 36.0 Å². The summed E-state index contributed by atoms with van der Waals surface area (Å²) >= 11 is 0. The SMILES string of the molecule is C=C1CCC2[C@](C)(COC(=O)CCC(=O)O)[C@H](OC(=O)CCC(C)=O)CC[C@@]2(C)[C@@H]1/C=C/C1=CCOC1=O.[K+].[Na+]. The molecule has 0 amide bonds. The molecule has 40 heavy (non-hydrogen) atoms. The van der Waals surface area contributed by atoms with E-state index in [1.165, 1.54) is 6.92 Å². The second kappa shape index (κ2) is 16.3. The fraction of sp³-hybridized carbons (Fsp3) is 0.621. The van der Waals surface area contributed by atoms with E-state index in [0.29, 0.717) is 24.8 Å². The fourth-order valence-corrected chi connectivity index (χ4v) is 6.37. The molecule has 0 bridgehead atoms. The summed E-state index contributed by atoms with van der Waals surface area (Å²) < 4.78 is 16.5. The van der Waals surface area contributed by atoms with Crippen molar-refractivity contribution in [2.24, 2.45) is 22.7 Å². The number of allylic oxidation sites excluding steroid dienone is 2. The molecule has 3 aliphatic rings. The molecule has 1 unspecified atom stereocenters. The van der Waals surface area contributed by atoms with Crippen LogP contribution in [-0.4, -0.2) is 54.1 Å². The van der Waals surface area contributed by atoms with Crippen molar-refractivity contribution in [3.63, 3.8) is 0 Å². The fourth-order valence-electron chi connectivity index (χ4n) is 6.37. The van der Waals surface area contributed by atoms with E-state index >= 15 is 0 Å². The summed E-state index contributed by atoms with van der Waals surface area (Å²) in [6, 6.07) is 0. The summed E-state index contributed by atoms with van der Waals surface area (Å²) in [5.74, 6) is -2.74. The summed E-state index contributed by atoms with van der Waals surface area (Å²) in [7, 11) is 0. The maximum atomic E-state index is 12.6. The Morgan fingerprint density at radius 1 is 1.12 bits per heavy atom. The normalized spacial score (nSPS) is 29.3. The smallest absolute Gasteiger partial charge is 0.481 e. The maximum Gasteiger partial charge on any atom is 1.00 e. The van der Waals surface area contributed by atoms with Crippen molar-refractivity contribution in [1.29, 1.82) is 0 Å². The number of cyclic esters (lactones) is 1. The Balaban J connectivity index is 0.00000400. The van der Waals surface area contributed by atoms with Crippen molar-refractivity contribution in [3.8, 4) is 0 Å². The summed E-state index contributed by atoms with van der Waals surface area (Å²) in [5.41, 5.74) is 0.478. The van der Waals surface area contributed by atoms with Gasteiger partial charge in [-0.05, 0) is 50.0 Å². The monoisotopic (exact) mass is 592 g/mol.